The molecule has 12 heteroatoms. The molecule has 0 spiro atoms. The minimum atomic E-state index is -3.19. The number of para-hydroxylation sites is 1. The number of pyridine rings is 2. The maximum absolute atomic E-state index is 14.6. The van der Waals surface area contributed by atoms with Gasteiger partial charge in [0.25, 0.3) is 0 Å². The van der Waals surface area contributed by atoms with Crippen LogP contribution in [0.4, 0.5) is 10.1 Å². The summed E-state index contributed by atoms with van der Waals surface area (Å²) in [5.41, 5.74) is 6.54. The van der Waals surface area contributed by atoms with Gasteiger partial charge in [0.1, 0.15) is 21.3 Å². The Morgan fingerprint density at radius 2 is 1.84 bits per heavy atom. The van der Waals surface area contributed by atoms with Crippen LogP contribution in [0.1, 0.15) is 25.8 Å². The number of aromatic nitrogens is 6. The molecule has 0 unspecified atom stereocenters. The minimum Gasteiger partial charge on any atom is -0.337 e. The molecule has 1 amide bonds. The van der Waals surface area contributed by atoms with Gasteiger partial charge in [0.15, 0.2) is 11.5 Å². The van der Waals surface area contributed by atoms with E-state index in [0.717, 1.165) is 22.0 Å². The van der Waals surface area contributed by atoms with Gasteiger partial charge in [0.05, 0.1) is 34.1 Å². The number of anilines is 1. The summed E-state index contributed by atoms with van der Waals surface area (Å²) in [5, 5.41) is 11.0. The Kier molecular flexibility index (Phi) is 7.68. The number of nitrogens with zero attached hydrogens (tertiary/aromatic N) is 4. The van der Waals surface area contributed by atoms with E-state index in [1.165, 1.54) is 18.4 Å². The third kappa shape index (κ3) is 6.35. The van der Waals surface area contributed by atoms with Crippen LogP contribution in [0.3, 0.4) is 0 Å². The molecule has 6 aromatic rings. The Balaban J connectivity index is 1.36. The number of hydrogen-bond donors (Lipinski definition) is 3. The van der Waals surface area contributed by atoms with Gasteiger partial charge < -0.3 is 10.3 Å². The monoisotopic (exact) mass is 611 g/mol. The predicted molar refractivity (Wildman–Crippen MR) is 169 cm³/mol. The van der Waals surface area contributed by atoms with E-state index >= 15 is 0 Å². The van der Waals surface area contributed by atoms with Crippen molar-refractivity contribution < 1.29 is 17.6 Å². The number of hydrogen-bond acceptors (Lipinski definition) is 7. The molecule has 10 nitrogen and oxygen atoms in total. The molecule has 0 atom stereocenters. The minimum absolute atomic E-state index is 0.0668. The quantitative estimate of drug-likeness (QED) is 0.183. The first kappa shape index (κ1) is 29.1. The third-order valence-electron chi connectivity index (χ3n) is 7.14. The average Bonchev–Trinajstić information content (AvgIpc) is 3.59. The van der Waals surface area contributed by atoms with Crippen LogP contribution in [0.5, 0.6) is 0 Å². The second kappa shape index (κ2) is 11.6. The van der Waals surface area contributed by atoms with E-state index < -0.39 is 15.7 Å². The summed E-state index contributed by atoms with van der Waals surface area (Å²) in [7, 11) is -3.19. The van der Waals surface area contributed by atoms with Gasteiger partial charge in [-0.25, -0.2) is 22.8 Å². The van der Waals surface area contributed by atoms with E-state index in [2.05, 4.69) is 30.5 Å². The molecule has 2 aromatic carbocycles. The van der Waals surface area contributed by atoms with Crippen LogP contribution >= 0.6 is 0 Å². The molecule has 44 heavy (non-hydrogen) atoms. The number of nitrogens with one attached hydrogen (secondary N) is 3. The Hall–Kier alpha value is -4.97. The third-order valence-corrected chi connectivity index (χ3v) is 8.08. The number of halogens is 1. The van der Waals surface area contributed by atoms with Crippen molar-refractivity contribution in [3.63, 3.8) is 0 Å². The van der Waals surface area contributed by atoms with Crippen molar-refractivity contribution in [3.05, 3.63) is 78.5 Å². The molecule has 6 rings (SSSR count). The second-order valence-corrected chi connectivity index (χ2v) is 13.6. The lowest BCUT2D eigenvalue weighted by Crippen LogP contribution is -2.13. The summed E-state index contributed by atoms with van der Waals surface area (Å²) in [6.07, 6.45) is 6.81. The summed E-state index contributed by atoms with van der Waals surface area (Å²) in [6.45, 7) is 3.98. The van der Waals surface area contributed by atoms with E-state index in [0.29, 0.717) is 51.5 Å². The maximum atomic E-state index is 14.6. The topological polar surface area (TPSA) is 146 Å². The largest absolute Gasteiger partial charge is 0.337 e. The average molecular weight is 612 g/mol. The molecule has 0 aliphatic heterocycles. The summed E-state index contributed by atoms with van der Waals surface area (Å²) >= 11 is 0. The van der Waals surface area contributed by atoms with Crippen molar-refractivity contribution in [2.24, 2.45) is 5.92 Å². The van der Waals surface area contributed by atoms with Crippen LogP contribution in [-0.2, 0) is 21.1 Å². The number of benzene rings is 2. The van der Waals surface area contributed by atoms with E-state index in [1.807, 2.05) is 44.2 Å². The number of aromatic amines is 2. The van der Waals surface area contributed by atoms with Gasteiger partial charge in [-0.2, -0.15) is 5.10 Å². The molecule has 4 aromatic heterocycles. The molecular formula is C32H30FN7O3S. The van der Waals surface area contributed by atoms with E-state index in [-0.39, 0.29) is 24.0 Å². The number of fused-ring (bicyclic) bond motifs is 2. The number of aryl methyl sites for hydroxylation is 1. The first-order chi connectivity index (χ1) is 21.0. The zero-order valence-corrected chi connectivity index (χ0v) is 25.2. The summed E-state index contributed by atoms with van der Waals surface area (Å²) in [5.74, 6) is 0.176. The van der Waals surface area contributed by atoms with Crippen molar-refractivity contribution in [1.29, 1.82) is 0 Å². The van der Waals surface area contributed by atoms with Gasteiger partial charge in [-0.1, -0.05) is 32.0 Å². The molecule has 0 radical (unpaired) electrons. The summed E-state index contributed by atoms with van der Waals surface area (Å²) < 4.78 is 38.0. The van der Waals surface area contributed by atoms with Gasteiger partial charge in [0.2, 0.25) is 5.91 Å². The zero-order valence-electron chi connectivity index (χ0n) is 24.3. The number of carbonyl (C=O) groups is 1. The number of imidazole rings is 1. The normalized spacial score (nSPS) is 11.9. The first-order valence-electron chi connectivity index (χ1n) is 14.1. The van der Waals surface area contributed by atoms with Crippen molar-refractivity contribution >= 4 is 43.5 Å². The Morgan fingerprint density at radius 1 is 1.02 bits per heavy atom. The Morgan fingerprint density at radius 3 is 2.64 bits per heavy atom. The summed E-state index contributed by atoms with van der Waals surface area (Å²) in [6, 6.07) is 14.0. The molecule has 0 aliphatic rings. The second-order valence-electron chi connectivity index (χ2n) is 11.3. The molecule has 0 saturated carbocycles. The van der Waals surface area contributed by atoms with Gasteiger partial charge in [-0.3, -0.25) is 14.9 Å². The van der Waals surface area contributed by atoms with E-state index in [1.54, 1.807) is 24.7 Å². The van der Waals surface area contributed by atoms with Crippen LogP contribution in [0.2, 0.25) is 0 Å². The van der Waals surface area contributed by atoms with Crippen molar-refractivity contribution in [2.45, 2.75) is 26.7 Å². The lowest BCUT2D eigenvalue weighted by atomic mass is 10.0. The number of rotatable bonds is 9. The molecule has 4 heterocycles. The van der Waals surface area contributed by atoms with Crippen molar-refractivity contribution in [1.82, 2.24) is 30.1 Å². The molecule has 0 bridgehead atoms. The summed E-state index contributed by atoms with van der Waals surface area (Å²) in [4.78, 5) is 29.3. The number of amides is 1. The molecule has 0 saturated heterocycles. The maximum Gasteiger partial charge on any atom is 0.224 e. The van der Waals surface area contributed by atoms with Crippen LogP contribution in [-0.4, -0.2) is 56.5 Å². The van der Waals surface area contributed by atoms with Gasteiger partial charge in [0, 0.05) is 41.8 Å². The highest BCUT2D eigenvalue weighted by Crippen LogP contribution is 2.33. The highest BCUT2D eigenvalue weighted by molar-refractivity contribution is 7.90. The predicted octanol–water partition coefficient (Wildman–Crippen LogP) is 5.94. The smallest absolute Gasteiger partial charge is 0.224 e. The lowest BCUT2D eigenvalue weighted by molar-refractivity contribution is -0.116. The highest BCUT2D eigenvalue weighted by atomic mass is 32.2. The Labute approximate surface area is 253 Å². The fraction of sp³-hybridized carbons (Fsp3) is 0.219. The SMILES string of the molecule is CC(C)CC(=O)Nc1cncc(-c2cnc3n[nH]c(-c4nc5c(-c6cc(F)cc(CCS(C)(=O)=O)c6)cccc5[nH]4)c3c2)c1. The van der Waals surface area contributed by atoms with E-state index in [9.17, 15) is 17.6 Å². The molecular weight excluding hydrogens is 581 g/mol. The van der Waals surface area contributed by atoms with E-state index in [4.69, 9.17) is 4.98 Å². The van der Waals surface area contributed by atoms with Crippen LogP contribution in [0.25, 0.3) is 55.8 Å². The highest BCUT2D eigenvalue weighted by Gasteiger charge is 2.17. The van der Waals surface area contributed by atoms with Crippen LogP contribution in [0.15, 0.2) is 67.1 Å². The zero-order chi connectivity index (χ0) is 31.0. The molecule has 0 fully saturated rings. The fourth-order valence-corrected chi connectivity index (χ4v) is 5.73. The van der Waals surface area contributed by atoms with Gasteiger partial charge >= 0.3 is 0 Å². The standard InChI is InChI=1S/C32H30FN7O3S/c1-18(2)9-28(41)36-24-13-21(15-34-17-24)22-14-26-30(39-40-31(26)35-16-22)32-37-27-6-4-5-25(29(27)38-32)20-10-19(11-23(33)12-20)7-8-44(3,42)43/h4-6,10-18H,7-9H2,1-3H3,(H,36,41)(H,37,38)(H,35,39,40). The Bertz CT molecular complexity index is 2140. The lowest BCUT2D eigenvalue weighted by Gasteiger charge is -2.08. The fourth-order valence-electron chi connectivity index (χ4n) is 5.12. The molecule has 3 N–H and O–H groups in total. The van der Waals surface area contributed by atoms with Crippen molar-refractivity contribution in [3.8, 4) is 33.8 Å². The molecule has 0 aliphatic carbocycles. The number of H-pyrrole nitrogens is 2. The van der Waals surface area contributed by atoms with Crippen molar-refractivity contribution in [2.75, 3.05) is 17.3 Å². The number of sulfone groups is 1. The first-order valence-corrected chi connectivity index (χ1v) is 16.1. The van der Waals surface area contributed by atoms with Crippen LogP contribution in [0, 0.1) is 11.7 Å². The number of carbonyl (C=O) groups excluding carboxylic acids is 1. The molecule has 224 valence electrons. The van der Waals surface area contributed by atoms with Crippen LogP contribution < -0.4 is 5.32 Å². The van der Waals surface area contributed by atoms with Gasteiger partial charge in [-0.05, 0) is 53.8 Å². The van der Waals surface area contributed by atoms with Gasteiger partial charge in [-0.15, -0.1) is 0 Å².